The molecule has 0 unspecified atom stereocenters. The van der Waals surface area contributed by atoms with Gasteiger partial charge in [-0.25, -0.2) is 0 Å². The third-order valence-corrected chi connectivity index (χ3v) is 6.51. The van der Waals surface area contributed by atoms with E-state index in [1.54, 1.807) is 0 Å². The monoisotopic (exact) mass is 330 g/mol. The Morgan fingerprint density at radius 1 is 1.08 bits per heavy atom. The standard InChI is InChI=1S/C19H26N2O3/c1-11-2-6-14(7-3-11)20-15(22)8-9-21-18(23)16-12-4-5-13(10-12)17(16)19(21)24/h4-5,11-14,16-17H,2-3,6-10H2,1H3,(H,20,22)/t11?,12-,13-,14?,16+,17+/m0/s1. The normalized spacial score (nSPS) is 40.3. The fraction of sp³-hybridized carbons (Fsp3) is 0.737. The Balaban J connectivity index is 1.30. The van der Waals surface area contributed by atoms with Crippen molar-refractivity contribution in [3.8, 4) is 0 Å². The van der Waals surface area contributed by atoms with Crippen molar-refractivity contribution in [1.82, 2.24) is 10.2 Å². The summed E-state index contributed by atoms with van der Waals surface area (Å²) < 4.78 is 0. The van der Waals surface area contributed by atoms with E-state index in [9.17, 15) is 14.4 Å². The fourth-order valence-corrected chi connectivity index (χ4v) is 5.10. The van der Waals surface area contributed by atoms with Crippen LogP contribution in [-0.2, 0) is 14.4 Å². The Morgan fingerprint density at radius 3 is 2.25 bits per heavy atom. The van der Waals surface area contributed by atoms with Crippen molar-refractivity contribution >= 4 is 17.7 Å². The van der Waals surface area contributed by atoms with Crippen LogP contribution >= 0.6 is 0 Å². The van der Waals surface area contributed by atoms with Crippen LogP contribution < -0.4 is 5.32 Å². The number of fused-ring (bicyclic) bond motifs is 5. The van der Waals surface area contributed by atoms with Gasteiger partial charge in [-0.05, 0) is 49.9 Å². The van der Waals surface area contributed by atoms with Crippen LogP contribution in [0.4, 0.5) is 0 Å². The summed E-state index contributed by atoms with van der Waals surface area (Å²) in [6.45, 7) is 2.49. The lowest BCUT2D eigenvalue weighted by atomic mass is 9.85. The van der Waals surface area contributed by atoms with E-state index in [0.29, 0.717) is 0 Å². The minimum atomic E-state index is -0.157. The van der Waals surface area contributed by atoms with Crippen molar-refractivity contribution in [1.29, 1.82) is 0 Å². The van der Waals surface area contributed by atoms with Gasteiger partial charge in [0.1, 0.15) is 0 Å². The lowest BCUT2D eigenvalue weighted by molar-refractivity contribution is -0.141. The quantitative estimate of drug-likeness (QED) is 0.632. The van der Waals surface area contributed by atoms with E-state index in [1.807, 2.05) is 0 Å². The maximum atomic E-state index is 12.6. The van der Waals surface area contributed by atoms with Gasteiger partial charge in [0.25, 0.3) is 0 Å². The predicted octanol–water partition coefficient (Wildman–Crippen LogP) is 1.88. The molecule has 5 nitrogen and oxygen atoms in total. The Labute approximate surface area is 142 Å². The summed E-state index contributed by atoms with van der Waals surface area (Å²) in [6, 6.07) is 0.262. The molecule has 2 saturated carbocycles. The van der Waals surface area contributed by atoms with Gasteiger partial charge in [-0.1, -0.05) is 19.1 Å². The zero-order valence-electron chi connectivity index (χ0n) is 14.2. The van der Waals surface area contributed by atoms with Gasteiger partial charge in [0.05, 0.1) is 11.8 Å². The molecule has 0 aromatic rings. The number of hydrogen-bond donors (Lipinski definition) is 1. The molecule has 2 bridgehead atoms. The van der Waals surface area contributed by atoms with Gasteiger partial charge in [0, 0.05) is 19.0 Å². The summed E-state index contributed by atoms with van der Waals surface area (Å²) in [5, 5.41) is 3.07. The summed E-state index contributed by atoms with van der Waals surface area (Å²) >= 11 is 0. The molecule has 3 aliphatic carbocycles. The smallest absolute Gasteiger partial charge is 0.233 e. The molecule has 1 saturated heterocycles. The second kappa shape index (κ2) is 6.01. The molecule has 4 atom stereocenters. The highest BCUT2D eigenvalue weighted by molar-refractivity contribution is 6.06. The molecule has 0 spiro atoms. The largest absolute Gasteiger partial charge is 0.353 e. The zero-order valence-corrected chi connectivity index (χ0v) is 14.2. The van der Waals surface area contributed by atoms with E-state index in [1.165, 1.54) is 4.90 Å². The van der Waals surface area contributed by atoms with Crippen LogP contribution in [0, 0.1) is 29.6 Å². The van der Waals surface area contributed by atoms with Gasteiger partial charge >= 0.3 is 0 Å². The summed E-state index contributed by atoms with van der Waals surface area (Å²) in [4.78, 5) is 38.7. The molecule has 3 fully saturated rings. The van der Waals surface area contributed by atoms with Crippen molar-refractivity contribution in [3.05, 3.63) is 12.2 Å². The number of carbonyl (C=O) groups excluding carboxylic acids is 3. The van der Waals surface area contributed by atoms with Gasteiger partial charge < -0.3 is 5.32 Å². The topological polar surface area (TPSA) is 66.5 Å². The molecular formula is C19H26N2O3. The average molecular weight is 330 g/mol. The lowest BCUT2D eigenvalue weighted by Crippen LogP contribution is -2.40. The Hall–Kier alpha value is -1.65. The van der Waals surface area contributed by atoms with Crippen molar-refractivity contribution in [2.24, 2.45) is 29.6 Å². The van der Waals surface area contributed by atoms with Crippen molar-refractivity contribution in [2.75, 3.05) is 6.54 Å². The van der Waals surface area contributed by atoms with E-state index >= 15 is 0 Å². The van der Waals surface area contributed by atoms with Crippen LogP contribution in [0.15, 0.2) is 12.2 Å². The molecule has 5 heteroatoms. The SMILES string of the molecule is CC1CCC(NC(=O)CCN2C(=O)[C@H]3[C@H](C2=O)[C@H]2C=C[C@H]3C2)CC1. The Kier molecular flexibility index (Phi) is 3.97. The molecule has 0 aromatic heterocycles. The number of nitrogens with zero attached hydrogens (tertiary/aromatic N) is 1. The minimum absolute atomic E-state index is 0.0340. The number of carbonyl (C=O) groups is 3. The highest BCUT2D eigenvalue weighted by Gasteiger charge is 2.59. The fourth-order valence-electron chi connectivity index (χ4n) is 5.10. The molecule has 3 amide bonds. The number of allylic oxidation sites excluding steroid dienone is 2. The van der Waals surface area contributed by atoms with Crippen LogP contribution in [0.2, 0.25) is 0 Å². The van der Waals surface area contributed by atoms with Crippen LogP contribution in [0.1, 0.15) is 45.4 Å². The van der Waals surface area contributed by atoms with Gasteiger partial charge in [-0.15, -0.1) is 0 Å². The zero-order chi connectivity index (χ0) is 16.8. The van der Waals surface area contributed by atoms with E-state index < -0.39 is 0 Å². The van der Waals surface area contributed by atoms with E-state index in [2.05, 4.69) is 24.4 Å². The number of likely N-dealkylation sites (tertiary alicyclic amines) is 1. The molecule has 24 heavy (non-hydrogen) atoms. The number of rotatable bonds is 4. The molecule has 0 radical (unpaired) electrons. The van der Waals surface area contributed by atoms with Gasteiger partial charge in [-0.3, -0.25) is 19.3 Å². The van der Waals surface area contributed by atoms with Crippen LogP contribution in [0.25, 0.3) is 0 Å². The number of amides is 3. The molecule has 1 heterocycles. The van der Waals surface area contributed by atoms with Crippen LogP contribution in [0.5, 0.6) is 0 Å². The molecular weight excluding hydrogens is 304 g/mol. The van der Waals surface area contributed by atoms with E-state index in [0.717, 1.165) is 38.0 Å². The Morgan fingerprint density at radius 2 is 1.67 bits per heavy atom. The number of hydrogen-bond acceptors (Lipinski definition) is 3. The predicted molar refractivity (Wildman–Crippen MR) is 88.6 cm³/mol. The molecule has 1 aliphatic heterocycles. The van der Waals surface area contributed by atoms with Crippen molar-refractivity contribution < 1.29 is 14.4 Å². The summed E-state index contributed by atoms with van der Waals surface area (Å²) in [5.41, 5.74) is 0. The minimum Gasteiger partial charge on any atom is -0.353 e. The summed E-state index contributed by atoms with van der Waals surface area (Å²) in [7, 11) is 0. The number of nitrogens with one attached hydrogen (secondary N) is 1. The van der Waals surface area contributed by atoms with Gasteiger partial charge in [0.2, 0.25) is 17.7 Å². The summed E-state index contributed by atoms with van der Waals surface area (Å²) in [6.07, 6.45) is 9.75. The number of imide groups is 1. The lowest BCUT2D eigenvalue weighted by Gasteiger charge is -2.27. The molecule has 0 aromatic carbocycles. The molecule has 4 rings (SSSR count). The van der Waals surface area contributed by atoms with Gasteiger partial charge in [-0.2, -0.15) is 0 Å². The van der Waals surface area contributed by atoms with E-state index in [-0.39, 0.29) is 60.4 Å². The maximum absolute atomic E-state index is 12.6. The first-order valence-electron chi connectivity index (χ1n) is 9.37. The van der Waals surface area contributed by atoms with E-state index in [4.69, 9.17) is 0 Å². The van der Waals surface area contributed by atoms with Crippen molar-refractivity contribution in [2.45, 2.75) is 51.5 Å². The van der Waals surface area contributed by atoms with Crippen molar-refractivity contribution in [3.63, 3.8) is 0 Å². The maximum Gasteiger partial charge on any atom is 0.233 e. The first-order chi connectivity index (χ1) is 11.5. The molecule has 4 aliphatic rings. The second-order valence-electron chi connectivity index (χ2n) is 8.10. The second-order valence-corrected chi connectivity index (χ2v) is 8.10. The van der Waals surface area contributed by atoms with Crippen LogP contribution in [0.3, 0.4) is 0 Å². The third-order valence-electron chi connectivity index (χ3n) is 6.51. The molecule has 1 N–H and O–H groups in total. The Bertz CT molecular complexity index is 561. The third kappa shape index (κ3) is 2.58. The van der Waals surface area contributed by atoms with Gasteiger partial charge in [0.15, 0.2) is 0 Å². The highest BCUT2D eigenvalue weighted by atomic mass is 16.2. The van der Waals surface area contributed by atoms with Crippen LogP contribution in [-0.4, -0.2) is 35.2 Å². The average Bonchev–Trinajstić information content (AvgIpc) is 3.23. The molecule has 130 valence electrons. The highest BCUT2D eigenvalue weighted by Crippen LogP contribution is 2.52. The first-order valence-corrected chi connectivity index (χ1v) is 9.37. The first kappa shape index (κ1) is 15.9. The summed E-state index contributed by atoms with van der Waals surface area (Å²) in [5.74, 6) is 0.766.